The molecule has 0 aromatic carbocycles. The number of rotatable bonds is 13. The highest BCUT2D eigenvalue weighted by Crippen LogP contribution is 2.28. The number of piperazine rings is 1. The molecule has 2 aliphatic heterocycles. The Hall–Kier alpha value is -0.130. The van der Waals surface area contributed by atoms with Gasteiger partial charge in [-0.05, 0) is 25.2 Å². The van der Waals surface area contributed by atoms with E-state index in [1.165, 1.54) is 51.4 Å². The number of nitrogens with zero attached hydrogens (tertiary/aromatic N) is 1. The van der Waals surface area contributed by atoms with Crippen molar-refractivity contribution in [2.24, 2.45) is 5.92 Å². The fraction of sp³-hybridized carbons (Fsp3) is 1.00. The lowest BCUT2D eigenvalue weighted by Crippen LogP contribution is -2.47. The van der Waals surface area contributed by atoms with Gasteiger partial charge < -0.3 is 5.32 Å². The molecule has 0 aromatic rings. The predicted molar refractivity (Wildman–Crippen MR) is 102 cm³/mol. The highest BCUT2D eigenvalue weighted by atomic mass is 32.2. The third-order valence-electron chi connectivity index (χ3n) is 5.81. The van der Waals surface area contributed by atoms with E-state index in [0.717, 1.165) is 31.7 Å². The van der Waals surface area contributed by atoms with E-state index >= 15 is 0 Å². The lowest BCUT2D eigenvalue weighted by molar-refractivity contribution is 0.345. The maximum absolute atomic E-state index is 12.6. The molecule has 0 saturated carbocycles. The van der Waals surface area contributed by atoms with Gasteiger partial charge in [0, 0.05) is 25.2 Å². The van der Waals surface area contributed by atoms with Crippen LogP contribution in [0.5, 0.6) is 0 Å². The summed E-state index contributed by atoms with van der Waals surface area (Å²) in [6, 6.07) is 0.630. The van der Waals surface area contributed by atoms with Gasteiger partial charge in [-0.25, -0.2) is 8.42 Å². The van der Waals surface area contributed by atoms with Gasteiger partial charge in [0.1, 0.15) is 0 Å². The van der Waals surface area contributed by atoms with Gasteiger partial charge in [-0.15, -0.1) is 0 Å². The van der Waals surface area contributed by atoms with Crippen molar-refractivity contribution in [2.45, 2.75) is 96.6 Å². The van der Waals surface area contributed by atoms with E-state index in [1.54, 1.807) is 4.31 Å². The minimum atomic E-state index is -3.04. The quantitative estimate of drug-likeness (QED) is 0.508. The van der Waals surface area contributed by atoms with Crippen LogP contribution in [0.2, 0.25) is 0 Å². The number of fused-ring (bicyclic) bond motifs is 2. The van der Waals surface area contributed by atoms with Crippen molar-refractivity contribution >= 4 is 10.0 Å². The van der Waals surface area contributed by atoms with E-state index in [1.807, 2.05) is 0 Å². The van der Waals surface area contributed by atoms with Gasteiger partial charge in [-0.1, -0.05) is 65.2 Å². The molecule has 2 aliphatic rings. The first-order chi connectivity index (χ1) is 11.6. The van der Waals surface area contributed by atoms with E-state index in [9.17, 15) is 8.42 Å². The van der Waals surface area contributed by atoms with Crippen LogP contribution in [0, 0.1) is 5.92 Å². The molecule has 142 valence electrons. The molecule has 2 bridgehead atoms. The highest BCUT2D eigenvalue weighted by Gasteiger charge is 2.43. The molecular formula is C19H38N2O2S. The number of hydrogen-bond donors (Lipinski definition) is 1. The van der Waals surface area contributed by atoms with E-state index in [2.05, 4.69) is 19.2 Å². The largest absolute Gasteiger partial charge is 0.311 e. The Kier molecular flexibility index (Phi) is 8.52. The van der Waals surface area contributed by atoms with Crippen LogP contribution in [-0.2, 0) is 10.0 Å². The maximum Gasteiger partial charge on any atom is 0.214 e. The van der Waals surface area contributed by atoms with Crippen LogP contribution >= 0.6 is 0 Å². The van der Waals surface area contributed by atoms with Crippen LogP contribution in [0.15, 0.2) is 0 Å². The standard InChI is InChI=1S/C19H38N2O2S/c1-3-5-7-8-11-17(10-6-4-2)12-9-13-24(22,23)21-16-18-14-19(21)15-20-18/h17-20H,3-16H2,1-2H3/t17?,18-,19-/m1/s1. The zero-order valence-corrected chi connectivity index (χ0v) is 16.6. The molecular weight excluding hydrogens is 320 g/mol. The molecule has 5 heteroatoms. The second kappa shape index (κ2) is 10.1. The lowest BCUT2D eigenvalue weighted by Gasteiger charge is -2.27. The minimum absolute atomic E-state index is 0.227. The van der Waals surface area contributed by atoms with Gasteiger partial charge in [0.2, 0.25) is 10.0 Å². The smallest absolute Gasteiger partial charge is 0.214 e. The Morgan fingerprint density at radius 3 is 2.33 bits per heavy atom. The molecule has 0 amide bonds. The summed E-state index contributed by atoms with van der Waals surface area (Å²) in [6.07, 6.45) is 13.3. The van der Waals surface area contributed by atoms with Crippen LogP contribution in [0.4, 0.5) is 0 Å². The van der Waals surface area contributed by atoms with Crippen LogP contribution in [0.3, 0.4) is 0 Å². The number of hydrogen-bond acceptors (Lipinski definition) is 3. The number of nitrogens with one attached hydrogen (secondary N) is 1. The third-order valence-corrected chi connectivity index (χ3v) is 7.78. The summed E-state index contributed by atoms with van der Waals surface area (Å²) in [5.74, 6) is 1.09. The molecule has 2 heterocycles. The molecule has 1 unspecified atom stereocenters. The topological polar surface area (TPSA) is 49.4 Å². The van der Waals surface area contributed by atoms with Gasteiger partial charge in [-0.2, -0.15) is 4.31 Å². The summed E-state index contributed by atoms with van der Waals surface area (Å²) in [7, 11) is -3.04. The zero-order chi connectivity index (χ0) is 17.4. The molecule has 4 nitrogen and oxygen atoms in total. The van der Waals surface area contributed by atoms with Crippen molar-refractivity contribution in [2.75, 3.05) is 18.8 Å². The monoisotopic (exact) mass is 358 g/mol. The minimum Gasteiger partial charge on any atom is -0.311 e. The molecule has 0 spiro atoms. The van der Waals surface area contributed by atoms with Crippen molar-refractivity contribution in [1.82, 2.24) is 9.62 Å². The molecule has 0 aliphatic carbocycles. The Morgan fingerprint density at radius 2 is 1.71 bits per heavy atom. The van der Waals surface area contributed by atoms with Crippen molar-refractivity contribution < 1.29 is 8.42 Å². The number of unbranched alkanes of at least 4 members (excludes halogenated alkanes) is 4. The fourth-order valence-corrected chi connectivity index (χ4v) is 6.11. The van der Waals surface area contributed by atoms with Gasteiger partial charge in [0.15, 0.2) is 0 Å². The zero-order valence-electron chi connectivity index (χ0n) is 15.8. The summed E-state index contributed by atoms with van der Waals surface area (Å²) in [4.78, 5) is 0. The first-order valence-corrected chi connectivity index (χ1v) is 11.9. The van der Waals surface area contributed by atoms with Gasteiger partial charge >= 0.3 is 0 Å². The molecule has 1 N–H and O–H groups in total. The number of sulfonamides is 1. The Bertz CT molecular complexity index is 452. The molecule has 2 saturated heterocycles. The maximum atomic E-state index is 12.6. The normalized spacial score (nSPS) is 25.4. The molecule has 3 atom stereocenters. The van der Waals surface area contributed by atoms with Gasteiger partial charge in [0.25, 0.3) is 0 Å². The Morgan fingerprint density at radius 1 is 1.00 bits per heavy atom. The molecule has 0 radical (unpaired) electrons. The molecule has 2 rings (SSSR count). The average Bonchev–Trinajstić information content (AvgIpc) is 3.19. The average molecular weight is 359 g/mol. The van der Waals surface area contributed by atoms with Crippen molar-refractivity contribution in [3.05, 3.63) is 0 Å². The second-order valence-corrected chi connectivity index (χ2v) is 9.92. The Balaban J connectivity index is 1.71. The van der Waals surface area contributed by atoms with Gasteiger partial charge in [-0.3, -0.25) is 0 Å². The van der Waals surface area contributed by atoms with Crippen molar-refractivity contribution in [1.29, 1.82) is 0 Å². The predicted octanol–water partition coefficient (Wildman–Crippen LogP) is 3.92. The highest BCUT2D eigenvalue weighted by molar-refractivity contribution is 7.89. The third kappa shape index (κ3) is 5.99. The summed E-state index contributed by atoms with van der Waals surface area (Å²) in [5, 5.41) is 3.38. The SMILES string of the molecule is CCCCCCC(CCCC)CCCS(=O)(=O)N1C[C@H]2C[C@@H]1CN2. The van der Waals surface area contributed by atoms with Crippen LogP contribution in [0.1, 0.15) is 84.5 Å². The molecule has 24 heavy (non-hydrogen) atoms. The van der Waals surface area contributed by atoms with E-state index in [0.29, 0.717) is 18.3 Å². The lowest BCUT2D eigenvalue weighted by atomic mass is 9.91. The second-order valence-electron chi connectivity index (χ2n) is 7.88. The molecule has 2 fully saturated rings. The van der Waals surface area contributed by atoms with E-state index in [4.69, 9.17) is 0 Å². The summed E-state index contributed by atoms with van der Waals surface area (Å²) in [6.45, 7) is 6.04. The fourth-order valence-electron chi connectivity index (χ4n) is 4.32. The van der Waals surface area contributed by atoms with Crippen LogP contribution < -0.4 is 5.32 Å². The van der Waals surface area contributed by atoms with Crippen LogP contribution in [0.25, 0.3) is 0 Å². The van der Waals surface area contributed by atoms with Crippen molar-refractivity contribution in [3.63, 3.8) is 0 Å². The first kappa shape index (κ1) is 20.2. The molecule has 0 aromatic heterocycles. The van der Waals surface area contributed by atoms with Crippen LogP contribution in [-0.4, -0.2) is 43.6 Å². The summed E-state index contributed by atoms with van der Waals surface area (Å²) >= 11 is 0. The van der Waals surface area contributed by atoms with E-state index < -0.39 is 10.0 Å². The first-order valence-electron chi connectivity index (χ1n) is 10.3. The Labute approximate surface area is 149 Å². The van der Waals surface area contributed by atoms with Gasteiger partial charge in [0.05, 0.1) is 5.75 Å². The summed E-state index contributed by atoms with van der Waals surface area (Å²) in [5.41, 5.74) is 0. The van der Waals surface area contributed by atoms with E-state index in [-0.39, 0.29) is 6.04 Å². The van der Waals surface area contributed by atoms with Crippen molar-refractivity contribution in [3.8, 4) is 0 Å². The summed E-state index contributed by atoms with van der Waals surface area (Å²) < 4.78 is 27.0.